The molecule has 0 bridgehead atoms. The Morgan fingerprint density at radius 1 is 1.12 bits per heavy atom. The van der Waals surface area contributed by atoms with E-state index in [9.17, 15) is 9.59 Å². The largest absolute Gasteiger partial charge is 0.352 e. The molecule has 90 valence electrons. The standard InChI is InChI=1S/C10H18N4O2/c1-5-6-7-14(4)10(16)12-8-11-9(15)13(2)3/h5-7H2,1-4H3. The van der Waals surface area contributed by atoms with E-state index in [1.807, 2.05) is 6.92 Å². The van der Waals surface area contributed by atoms with Crippen molar-refractivity contribution >= 4 is 18.1 Å². The summed E-state index contributed by atoms with van der Waals surface area (Å²) < 4.78 is 0. The second-order valence-corrected chi connectivity index (χ2v) is 3.56. The average Bonchev–Trinajstić information content (AvgIpc) is 2.25. The summed E-state index contributed by atoms with van der Waals surface area (Å²) in [5.74, 6) is 0. The van der Waals surface area contributed by atoms with Gasteiger partial charge in [0.25, 0.3) is 0 Å². The minimum atomic E-state index is -0.493. The first-order valence-corrected chi connectivity index (χ1v) is 5.11. The number of aliphatic imine (C=N–C) groups is 2. The molecule has 0 atom stereocenters. The minimum absolute atomic E-state index is 0.441. The predicted molar refractivity (Wildman–Crippen MR) is 61.9 cm³/mol. The molecular weight excluding hydrogens is 208 g/mol. The summed E-state index contributed by atoms with van der Waals surface area (Å²) in [6, 6.07) is 1.16. The first-order chi connectivity index (χ1) is 7.49. The number of hydrogen-bond acceptors (Lipinski definition) is 2. The molecule has 0 spiro atoms. The number of urea groups is 2. The van der Waals surface area contributed by atoms with Crippen molar-refractivity contribution in [3.63, 3.8) is 0 Å². The zero-order valence-corrected chi connectivity index (χ0v) is 10.2. The maximum Gasteiger partial charge on any atom is 0.352 e. The maximum atomic E-state index is 11.3. The summed E-state index contributed by atoms with van der Waals surface area (Å²) in [5, 5.41) is 0. The third kappa shape index (κ3) is 5.93. The molecule has 0 radical (unpaired) electrons. The predicted octanol–water partition coefficient (Wildman–Crippen LogP) is 1.69. The van der Waals surface area contributed by atoms with Crippen LogP contribution in [0.4, 0.5) is 9.59 Å². The van der Waals surface area contributed by atoms with E-state index >= 15 is 0 Å². The van der Waals surface area contributed by atoms with Crippen molar-refractivity contribution in [3.8, 4) is 0 Å². The van der Waals surface area contributed by atoms with Crippen LogP contribution in [0.2, 0.25) is 0 Å². The van der Waals surface area contributed by atoms with Crippen molar-refractivity contribution in [1.29, 1.82) is 0 Å². The van der Waals surface area contributed by atoms with Gasteiger partial charge in [0.1, 0.15) is 6.01 Å². The molecule has 16 heavy (non-hydrogen) atoms. The number of carbonyl (C=O) groups is 2. The van der Waals surface area contributed by atoms with Crippen molar-refractivity contribution in [3.05, 3.63) is 0 Å². The van der Waals surface area contributed by atoms with Crippen LogP contribution in [0.25, 0.3) is 0 Å². The lowest BCUT2D eigenvalue weighted by Gasteiger charge is -2.11. The Kier molecular flexibility index (Phi) is 6.79. The topological polar surface area (TPSA) is 65.3 Å². The van der Waals surface area contributed by atoms with Crippen molar-refractivity contribution < 1.29 is 9.59 Å². The molecule has 6 heteroatoms. The van der Waals surface area contributed by atoms with E-state index in [1.54, 1.807) is 21.1 Å². The van der Waals surface area contributed by atoms with Gasteiger partial charge in [0.05, 0.1) is 0 Å². The molecule has 0 aliphatic rings. The normalized spacial score (nSPS) is 9.00. The molecule has 4 amide bonds. The molecule has 0 saturated heterocycles. The van der Waals surface area contributed by atoms with Gasteiger partial charge in [-0.1, -0.05) is 13.3 Å². The molecule has 0 aromatic rings. The number of rotatable bonds is 3. The molecule has 0 N–H and O–H groups in total. The molecule has 0 rings (SSSR count). The molecule has 0 heterocycles. The summed E-state index contributed by atoms with van der Waals surface area (Å²) in [6.45, 7) is 2.68. The van der Waals surface area contributed by atoms with Crippen molar-refractivity contribution in [1.82, 2.24) is 9.80 Å². The van der Waals surface area contributed by atoms with Crippen LogP contribution in [0.1, 0.15) is 19.8 Å². The van der Waals surface area contributed by atoms with E-state index in [-0.39, 0.29) is 0 Å². The van der Waals surface area contributed by atoms with E-state index < -0.39 is 12.1 Å². The SMILES string of the molecule is CCCCN(C)C(=O)N=C=NC(=O)N(C)C. The van der Waals surface area contributed by atoms with Crippen LogP contribution in [0, 0.1) is 0 Å². The number of unbranched alkanes of at least 4 members (excludes halogenated alkanes) is 1. The van der Waals surface area contributed by atoms with Crippen LogP contribution >= 0.6 is 0 Å². The number of hydrogen-bond donors (Lipinski definition) is 0. The lowest BCUT2D eigenvalue weighted by Crippen LogP contribution is -2.24. The highest BCUT2D eigenvalue weighted by Crippen LogP contribution is 1.93. The van der Waals surface area contributed by atoms with Gasteiger partial charge < -0.3 is 9.80 Å². The van der Waals surface area contributed by atoms with Crippen LogP contribution in [0.5, 0.6) is 0 Å². The van der Waals surface area contributed by atoms with Crippen LogP contribution in [-0.2, 0) is 0 Å². The molecule has 0 fully saturated rings. The van der Waals surface area contributed by atoms with Crippen LogP contribution in [0.3, 0.4) is 0 Å². The first-order valence-electron chi connectivity index (χ1n) is 5.11. The molecule has 6 nitrogen and oxygen atoms in total. The highest BCUT2D eigenvalue weighted by Gasteiger charge is 2.04. The van der Waals surface area contributed by atoms with Crippen LogP contribution in [0.15, 0.2) is 9.98 Å². The summed E-state index contributed by atoms with van der Waals surface area (Å²) in [7, 11) is 4.77. The van der Waals surface area contributed by atoms with Gasteiger partial charge in [-0.05, 0) is 6.42 Å². The van der Waals surface area contributed by atoms with Crippen LogP contribution in [-0.4, -0.2) is 55.6 Å². The minimum Gasteiger partial charge on any atom is -0.328 e. The van der Waals surface area contributed by atoms with Gasteiger partial charge in [-0.2, -0.15) is 0 Å². The lowest BCUT2D eigenvalue weighted by atomic mass is 10.3. The highest BCUT2D eigenvalue weighted by atomic mass is 16.2. The summed E-state index contributed by atoms with van der Waals surface area (Å²) in [6.07, 6.45) is 1.93. The number of amides is 4. The third-order valence-electron chi connectivity index (χ3n) is 1.85. The zero-order chi connectivity index (χ0) is 12.6. The summed E-state index contributed by atoms with van der Waals surface area (Å²) >= 11 is 0. The molecule has 0 aliphatic carbocycles. The summed E-state index contributed by atoms with van der Waals surface area (Å²) in [5.41, 5.74) is 0. The highest BCUT2D eigenvalue weighted by molar-refractivity contribution is 5.85. The molecule has 0 aromatic heterocycles. The van der Waals surface area contributed by atoms with Gasteiger partial charge in [-0.3, -0.25) is 0 Å². The second-order valence-electron chi connectivity index (χ2n) is 3.56. The number of carbonyl (C=O) groups excluding carboxylic acids is 2. The van der Waals surface area contributed by atoms with E-state index in [0.717, 1.165) is 12.8 Å². The molecule has 0 saturated carbocycles. The smallest absolute Gasteiger partial charge is 0.328 e. The molecule has 0 unspecified atom stereocenters. The lowest BCUT2D eigenvalue weighted by molar-refractivity contribution is 0.218. The Labute approximate surface area is 95.7 Å². The Balaban J connectivity index is 4.22. The zero-order valence-electron chi connectivity index (χ0n) is 10.2. The van der Waals surface area contributed by atoms with E-state index in [4.69, 9.17) is 0 Å². The second kappa shape index (κ2) is 7.59. The Hall–Kier alpha value is -1.68. The van der Waals surface area contributed by atoms with Gasteiger partial charge in [-0.15, -0.1) is 9.98 Å². The quantitative estimate of drug-likeness (QED) is 0.687. The molecular formula is C10H18N4O2. The average molecular weight is 226 g/mol. The van der Waals surface area contributed by atoms with Gasteiger partial charge in [0.2, 0.25) is 0 Å². The van der Waals surface area contributed by atoms with E-state index in [1.165, 1.54) is 9.80 Å². The Morgan fingerprint density at radius 2 is 1.69 bits per heavy atom. The third-order valence-corrected chi connectivity index (χ3v) is 1.85. The Bertz CT molecular complexity index is 306. The number of nitrogens with zero attached hydrogens (tertiary/aromatic N) is 4. The fourth-order valence-electron chi connectivity index (χ4n) is 0.787. The van der Waals surface area contributed by atoms with Gasteiger partial charge in [-0.25, -0.2) is 9.59 Å². The van der Waals surface area contributed by atoms with Gasteiger partial charge in [0.15, 0.2) is 0 Å². The fourth-order valence-corrected chi connectivity index (χ4v) is 0.787. The fraction of sp³-hybridized carbons (Fsp3) is 0.700. The monoisotopic (exact) mass is 226 g/mol. The van der Waals surface area contributed by atoms with E-state index in [2.05, 4.69) is 16.0 Å². The molecule has 0 aliphatic heterocycles. The molecule has 0 aromatic carbocycles. The van der Waals surface area contributed by atoms with Crippen LogP contribution < -0.4 is 0 Å². The van der Waals surface area contributed by atoms with E-state index in [0.29, 0.717) is 6.54 Å². The van der Waals surface area contributed by atoms with Gasteiger partial charge >= 0.3 is 12.1 Å². The van der Waals surface area contributed by atoms with Gasteiger partial charge in [0, 0.05) is 27.7 Å². The Morgan fingerprint density at radius 3 is 2.19 bits per heavy atom. The van der Waals surface area contributed by atoms with Crippen molar-refractivity contribution in [2.24, 2.45) is 9.98 Å². The van der Waals surface area contributed by atoms with Crippen molar-refractivity contribution in [2.45, 2.75) is 19.8 Å². The maximum absolute atomic E-state index is 11.3. The van der Waals surface area contributed by atoms with Crippen molar-refractivity contribution in [2.75, 3.05) is 27.7 Å². The first kappa shape index (κ1) is 14.3. The summed E-state index contributed by atoms with van der Waals surface area (Å²) in [4.78, 5) is 31.8.